The third-order valence-corrected chi connectivity index (χ3v) is 5.38. The molecule has 30 heavy (non-hydrogen) atoms. The van der Waals surface area contributed by atoms with Crippen LogP contribution in [0.25, 0.3) is 0 Å². The molecule has 0 saturated carbocycles. The molecule has 1 aliphatic rings. The highest BCUT2D eigenvalue weighted by Crippen LogP contribution is 2.25. The van der Waals surface area contributed by atoms with Crippen LogP contribution in [-0.2, 0) is 11.4 Å². The van der Waals surface area contributed by atoms with Gasteiger partial charge in [-0.1, -0.05) is 18.2 Å². The Morgan fingerprint density at radius 2 is 1.80 bits per heavy atom. The molecule has 1 aliphatic heterocycles. The summed E-state index contributed by atoms with van der Waals surface area (Å²) < 4.78 is 5.86. The quantitative estimate of drug-likeness (QED) is 0.607. The van der Waals surface area contributed by atoms with E-state index < -0.39 is 0 Å². The Hall–Kier alpha value is -3.54. The van der Waals surface area contributed by atoms with E-state index in [0.29, 0.717) is 6.61 Å². The van der Waals surface area contributed by atoms with Gasteiger partial charge in [0.25, 0.3) is 0 Å². The van der Waals surface area contributed by atoms with Crippen molar-refractivity contribution in [2.24, 2.45) is 5.92 Å². The number of nitrogen functional groups attached to an aromatic ring is 1. The summed E-state index contributed by atoms with van der Waals surface area (Å²) in [6, 6.07) is 19.2. The van der Waals surface area contributed by atoms with Crippen LogP contribution >= 0.6 is 0 Å². The standard InChI is InChI=1S/C24H26N4O2/c25-20-6-4-18(5-7-20)17-30-23-3-1-2-21(16-23)27-24(29)19-10-14-28(15-11-19)22-8-12-26-13-9-22/h1-9,12-13,16,19H,10-11,14-15,17,25H2,(H,27,29). The Balaban J connectivity index is 1.29. The predicted octanol–water partition coefficient (Wildman–Crippen LogP) is 4.10. The summed E-state index contributed by atoms with van der Waals surface area (Å²) in [6.07, 6.45) is 5.27. The van der Waals surface area contributed by atoms with E-state index >= 15 is 0 Å². The van der Waals surface area contributed by atoms with Gasteiger partial charge in [-0.2, -0.15) is 0 Å². The van der Waals surface area contributed by atoms with E-state index in [2.05, 4.69) is 15.2 Å². The molecule has 6 heteroatoms. The molecule has 1 aromatic heterocycles. The summed E-state index contributed by atoms with van der Waals surface area (Å²) in [5, 5.41) is 3.05. The zero-order valence-corrected chi connectivity index (χ0v) is 16.8. The Morgan fingerprint density at radius 3 is 2.53 bits per heavy atom. The first-order chi connectivity index (χ1) is 14.7. The van der Waals surface area contributed by atoms with Crippen LogP contribution < -0.4 is 20.7 Å². The average Bonchev–Trinajstić information content (AvgIpc) is 2.80. The molecule has 0 radical (unpaired) electrons. The van der Waals surface area contributed by atoms with Crippen molar-refractivity contribution in [3.63, 3.8) is 0 Å². The molecule has 0 spiro atoms. The molecule has 0 atom stereocenters. The third kappa shape index (κ3) is 5.08. The monoisotopic (exact) mass is 402 g/mol. The second-order valence-electron chi connectivity index (χ2n) is 7.51. The minimum Gasteiger partial charge on any atom is -0.489 e. The first kappa shape index (κ1) is 19.8. The van der Waals surface area contributed by atoms with E-state index in [1.54, 1.807) is 12.4 Å². The summed E-state index contributed by atoms with van der Waals surface area (Å²) in [5.41, 5.74) is 9.40. The van der Waals surface area contributed by atoms with Gasteiger partial charge in [0.05, 0.1) is 0 Å². The number of rotatable bonds is 6. The van der Waals surface area contributed by atoms with Crippen LogP contribution in [0.15, 0.2) is 73.1 Å². The van der Waals surface area contributed by atoms with Gasteiger partial charge in [0.2, 0.25) is 5.91 Å². The van der Waals surface area contributed by atoms with Crippen LogP contribution in [0.3, 0.4) is 0 Å². The van der Waals surface area contributed by atoms with Crippen molar-refractivity contribution < 1.29 is 9.53 Å². The smallest absolute Gasteiger partial charge is 0.227 e. The van der Waals surface area contributed by atoms with Crippen molar-refractivity contribution in [3.8, 4) is 5.75 Å². The summed E-state index contributed by atoms with van der Waals surface area (Å²) in [5.74, 6) is 0.805. The highest BCUT2D eigenvalue weighted by Gasteiger charge is 2.25. The van der Waals surface area contributed by atoms with Gasteiger partial charge in [0.1, 0.15) is 12.4 Å². The fourth-order valence-electron chi connectivity index (χ4n) is 3.64. The summed E-state index contributed by atoms with van der Waals surface area (Å²) in [4.78, 5) is 19.1. The lowest BCUT2D eigenvalue weighted by molar-refractivity contribution is -0.120. The SMILES string of the molecule is Nc1ccc(COc2cccc(NC(=O)C3CCN(c4ccncc4)CC3)c2)cc1. The highest BCUT2D eigenvalue weighted by atomic mass is 16.5. The molecule has 0 aliphatic carbocycles. The largest absolute Gasteiger partial charge is 0.489 e. The van der Waals surface area contributed by atoms with Crippen LogP contribution in [0.2, 0.25) is 0 Å². The average molecular weight is 402 g/mol. The van der Waals surface area contributed by atoms with E-state index in [1.165, 1.54) is 0 Å². The van der Waals surface area contributed by atoms with Crippen LogP contribution in [-0.4, -0.2) is 24.0 Å². The van der Waals surface area contributed by atoms with Gasteiger partial charge in [-0.3, -0.25) is 9.78 Å². The van der Waals surface area contributed by atoms with Crippen LogP contribution in [0.4, 0.5) is 17.1 Å². The molecule has 3 aromatic rings. The minimum absolute atomic E-state index is 0.0161. The molecule has 2 heterocycles. The number of nitrogens with one attached hydrogen (secondary N) is 1. The van der Waals surface area contributed by atoms with Crippen molar-refractivity contribution in [1.82, 2.24) is 4.98 Å². The Labute approximate surface area is 176 Å². The maximum Gasteiger partial charge on any atom is 0.227 e. The van der Waals surface area contributed by atoms with Gasteiger partial charge in [0.15, 0.2) is 0 Å². The Kier molecular flexibility index (Phi) is 6.13. The third-order valence-electron chi connectivity index (χ3n) is 5.38. The molecule has 0 unspecified atom stereocenters. The number of amides is 1. The fourth-order valence-corrected chi connectivity index (χ4v) is 3.64. The molecular formula is C24H26N4O2. The van der Waals surface area contributed by atoms with Crippen molar-refractivity contribution in [2.75, 3.05) is 29.0 Å². The van der Waals surface area contributed by atoms with Gasteiger partial charge in [0, 0.05) is 54.5 Å². The predicted molar refractivity (Wildman–Crippen MR) is 119 cm³/mol. The van der Waals surface area contributed by atoms with Crippen LogP contribution in [0.1, 0.15) is 18.4 Å². The molecular weight excluding hydrogens is 376 g/mol. The molecule has 0 bridgehead atoms. The van der Waals surface area contributed by atoms with Gasteiger partial charge in [-0.25, -0.2) is 0 Å². The minimum atomic E-state index is 0.0161. The first-order valence-corrected chi connectivity index (χ1v) is 10.2. The lowest BCUT2D eigenvalue weighted by Crippen LogP contribution is -2.38. The van der Waals surface area contributed by atoms with Crippen molar-refractivity contribution >= 4 is 23.0 Å². The van der Waals surface area contributed by atoms with Crippen LogP contribution in [0, 0.1) is 5.92 Å². The maximum absolute atomic E-state index is 12.7. The number of carbonyl (C=O) groups is 1. The molecule has 4 rings (SSSR count). The van der Waals surface area contributed by atoms with Gasteiger partial charge >= 0.3 is 0 Å². The molecule has 6 nitrogen and oxygen atoms in total. The van der Waals surface area contributed by atoms with Gasteiger partial charge in [-0.15, -0.1) is 0 Å². The zero-order valence-electron chi connectivity index (χ0n) is 16.8. The zero-order chi connectivity index (χ0) is 20.8. The maximum atomic E-state index is 12.7. The second-order valence-corrected chi connectivity index (χ2v) is 7.51. The van der Waals surface area contributed by atoms with E-state index in [4.69, 9.17) is 10.5 Å². The number of piperidine rings is 1. The summed E-state index contributed by atoms with van der Waals surface area (Å²) in [6.45, 7) is 2.19. The molecule has 1 fully saturated rings. The molecule has 3 N–H and O–H groups in total. The van der Waals surface area contributed by atoms with Gasteiger partial charge in [-0.05, 0) is 54.8 Å². The summed E-state index contributed by atoms with van der Waals surface area (Å²) in [7, 11) is 0. The Bertz CT molecular complexity index is 968. The number of carbonyl (C=O) groups excluding carboxylic acids is 1. The number of hydrogen-bond acceptors (Lipinski definition) is 5. The van der Waals surface area contributed by atoms with E-state index in [-0.39, 0.29) is 11.8 Å². The molecule has 2 aromatic carbocycles. The fraction of sp³-hybridized carbons (Fsp3) is 0.250. The highest BCUT2D eigenvalue weighted by molar-refractivity contribution is 5.92. The lowest BCUT2D eigenvalue weighted by atomic mass is 9.95. The van der Waals surface area contributed by atoms with E-state index in [0.717, 1.165) is 54.3 Å². The van der Waals surface area contributed by atoms with Gasteiger partial charge < -0.3 is 20.7 Å². The van der Waals surface area contributed by atoms with Crippen LogP contribution in [0.5, 0.6) is 5.75 Å². The summed E-state index contributed by atoms with van der Waals surface area (Å²) >= 11 is 0. The molecule has 1 amide bonds. The number of nitrogens with zero attached hydrogens (tertiary/aromatic N) is 2. The van der Waals surface area contributed by atoms with Crippen molar-refractivity contribution in [1.29, 1.82) is 0 Å². The first-order valence-electron chi connectivity index (χ1n) is 10.2. The Morgan fingerprint density at radius 1 is 1.07 bits per heavy atom. The number of hydrogen-bond donors (Lipinski definition) is 2. The number of aromatic nitrogens is 1. The second kappa shape index (κ2) is 9.31. The molecule has 154 valence electrons. The number of anilines is 3. The van der Waals surface area contributed by atoms with Crippen molar-refractivity contribution in [2.45, 2.75) is 19.4 Å². The number of ether oxygens (including phenoxy) is 1. The number of benzene rings is 2. The number of nitrogens with two attached hydrogens (primary N) is 1. The van der Waals surface area contributed by atoms with E-state index in [9.17, 15) is 4.79 Å². The molecule has 1 saturated heterocycles. The normalized spacial score (nSPS) is 14.3. The lowest BCUT2D eigenvalue weighted by Gasteiger charge is -2.32. The topological polar surface area (TPSA) is 80.5 Å². The number of pyridine rings is 1. The van der Waals surface area contributed by atoms with Crippen molar-refractivity contribution in [3.05, 3.63) is 78.6 Å². The van der Waals surface area contributed by atoms with E-state index in [1.807, 2.05) is 60.7 Å².